The monoisotopic (exact) mass is 418 g/mol. The molecule has 5 atom stereocenters. The van der Waals surface area contributed by atoms with Crippen molar-refractivity contribution in [3.8, 4) is 0 Å². The number of nitrogens with one attached hydrogen (secondary N) is 2. The molecule has 1 saturated heterocycles. The van der Waals surface area contributed by atoms with Gasteiger partial charge >= 0.3 is 5.97 Å². The second kappa shape index (κ2) is 11.2. The fourth-order valence-electron chi connectivity index (χ4n) is 2.95. The lowest BCUT2D eigenvalue weighted by atomic mass is 10.1. The van der Waals surface area contributed by atoms with E-state index in [1.54, 1.807) is 11.8 Å². The SMILES string of the molecule is CSCCC(N)C(=O)NC(C)C(=O)N1CCCC1C(=O)NC(C(=O)O)C(C)O. The fourth-order valence-corrected chi connectivity index (χ4v) is 3.44. The van der Waals surface area contributed by atoms with Gasteiger partial charge in [0.15, 0.2) is 6.04 Å². The van der Waals surface area contributed by atoms with Gasteiger partial charge in [-0.3, -0.25) is 14.4 Å². The molecule has 0 aliphatic carbocycles. The maximum atomic E-state index is 12.7. The van der Waals surface area contributed by atoms with Crippen LogP contribution < -0.4 is 16.4 Å². The maximum Gasteiger partial charge on any atom is 0.328 e. The highest BCUT2D eigenvalue weighted by molar-refractivity contribution is 7.98. The van der Waals surface area contributed by atoms with Crippen molar-refractivity contribution in [2.24, 2.45) is 5.73 Å². The van der Waals surface area contributed by atoms with Gasteiger partial charge in [0.1, 0.15) is 12.1 Å². The van der Waals surface area contributed by atoms with E-state index in [0.29, 0.717) is 25.8 Å². The zero-order chi connectivity index (χ0) is 21.4. The number of carbonyl (C=O) groups excluding carboxylic acids is 3. The number of rotatable bonds is 10. The molecule has 0 aromatic rings. The lowest BCUT2D eigenvalue weighted by Gasteiger charge is -2.29. The molecular weight excluding hydrogens is 388 g/mol. The van der Waals surface area contributed by atoms with Crippen molar-refractivity contribution in [3.63, 3.8) is 0 Å². The third-order valence-corrected chi connectivity index (χ3v) is 5.23. The van der Waals surface area contributed by atoms with Crippen LogP contribution in [0.2, 0.25) is 0 Å². The summed E-state index contributed by atoms with van der Waals surface area (Å²) in [5, 5.41) is 23.5. The van der Waals surface area contributed by atoms with E-state index in [4.69, 9.17) is 10.8 Å². The van der Waals surface area contributed by atoms with Gasteiger partial charge in [0.2, 0.25) is 17.7 Å². The predicted molar refractivity (Wildman–Crippen MR) is 105 cm³/mol. The number of thioether (sulfide) groups is 1. The number of nitrogens with zero attached hydrogens (tertiary/aromatic N) is 1. The van der Waals surface area contributed by atoms with Crippen LogP contribution in [0, 0.1) is 0 Å². The Morgan fingerprint density at radius 3 is 2.43 bits per heavy atom. The third-order valence-electron chi connectivity index (χ3n) is 4.58. The average Bonchev–Trinajstić information content (AvgIpc) is 3.12. The number of carboxylic acids is 1. The van der Waals surface area contributed by atoms with Crippen molar-refractivity contribution in [3.05, 3.63) is 0 Å². The molecule has 1 fully saturated rings. The average molecular weight is 419 g/mol. The van der Waals surface area contributed by atoms with Gasteiger partial charge in [0, 0.05) is 6.54 Å². The van der Waals surface area contributed by atoms with E-state index in [0.717, 1.165) is 5.75 Å². The number of nitrogens with two attached hydrogens (primary N) is 1. The van der Waals surface area contributed by atoms with Gasteiger partial charge in [0.25, 0.3) is 0 Å². The van der Waals surface area contributed by atoms with Crippen LogP contribution >= 0.6 is 11.8 Å². The van der Waals surface area contributed by atoms with Crippen molar-refractivity contribution in [2.45, 2.75) is 63.4 Å². The third kappa shape index (κ3) is 6.64. The molecule has 160 valence electrons. The summed E-state index contributed by atoms with van der Waals surface area (Å²) < 4.78 is 0. The highest BCUT2D eigenvalue weighted by Gasteiger charge is 2.38. The molecule has 0 saturated carbocycles. The molecular formula is C17H30N4O6S. The first kappa shape index (κ1) is 24.2. The first-order valence-corrected chi connectivity index (χ1v) is 10.6. The summed E-state index contributed by atoms with van der Waals surface area (Å²) >= 11 is 1.57. The quantitative estimate of drug-likeness (QED) is 0.287. The largest absolute Gasteiger partial charge is 0.480 e. The Labute approximate surface area is 168 Å². The summed E-state index contributed by atoms with van der Waals surface area (Å²) in [6.07, 6.45) is 2.05. The van der Waals surface area contributed by atoms with E-state index in [-0.39, 0.29) is 0 Å². The smallest absolute Gasteiger partial charge is 0.328 e. The molecule has 0 bridgehead atoms. The standard InChI is InChI=1S/C17H30N4O6S/c1-9(19-14(23)11(18)6-8-28-3)16(25)21-7-4-5-12(21)15(24)20-13(10(2)22)17(26)27/h9-13,22H,4-8,18H2,1-3H3,(H,19,23)(H,20,24)(H,26,27). The molecule has 5 unspecified atom stereocenters. The molecule has 3 amide bonds. The highest BCUT2D eigenvalue weighted by Crippen LogP contribution is 2.19. The molecule has 1 heterocycles. The van der Waals surface area contributed by atoms with Crippen LogP contribution in [0.3, 0.4) is 0 Å². The highest BCUT2D eigenvalue weighted by atomic mass is 32.2. The summed E-state index contributed by atoms with van der Waals surface area (Å²) in [6, 6.07) is -3.90. The Morgan fingerprint density at radius 1 is 1.25 bits per heavy atom. The number of amides is 3. The van der Waals surface area contributed by atoms with Crippen LogP contribution in [0.25, 0.3) is 0 Å². The first-order chi connectivity index (χ1) is 13.1. The topological polar surface area (TPSA) is 162 Å². The van der Waals surface area contributed by atoms with Gasteiger partial charge < -0.3 is 31.5 Å². The van der Waals surface area contributed by atoms with E-state index in [9.17, 15) is 24.3 Å². The molecule has 6 N–H and O–H groups in total. The van der Waals surface area contributed by atoms with E-state index in [1.807, 2.05) is 6.26 Å². The number of carboxylic acid groups (broad SMARTS) is 1. The van der Waals surface area contributed by atoms with Gasteiger partial charge in [-0.05, 0) is 45.1 Å². The molecule has 0 aromatic carbocycles. The molecule has 1 aliphatic heterocycles. The van der Waals surface area contributed by atoms with Crippen molar-refractivity contribution in [2.75, 3.05) is 18.6 Å². The number of aliphatic carboxylic acids is 1. The first-order valence-electron chi connectivity index (χ1n) is 9.16. The number of hydrogen-bond donors (Lipinski definition) is 5. The molecule has 0 radical (unpaired) electrons. The molecule has 0 spiro atoms. The maximum absolute atomic E-state index is 12.7. The zero-order valence-corrected chi connectivity index (χ0v) is 17.2. The van der Waals surface area contributed by atoms with E-state index >= 15 is 0 Å². The lowest BCUT2D eigenvalue weighted by molar-refractivity contribution is -0.147. The molecule has 10 nitrogen and oxygen atoms in total. The molecule has 11 heteroatoms. The number of aliphatic hydroxyl groups is 1. The molecule has 28 heavy (non-hydrogen) atoms. The number of hydrogen-bond acceptors (Lipinski definition) is 7. The van der Waals surface area contributed by atoms with Gasteiger partial charge in [0.05, 0.1) is 12.1 Å². The minimum Gasteiger partial charge on any atom is -0.480 e. The fraction of sp³-hybridized carbons (Fsp3) is 0.765. The Balaban J connectivity index is 2.71. The van der Waals surface area contributed by atoms with Crippen molar-refractivity contribution >= 4 is 35.5 Å². The molecule has 1 rings (SSSR count). The normalized spacial score (nSPS) is 20.8. The Hall–Kier alpha value is -1.85. The summed E-state index contributed by atoms with van der Waals surface area (Å²) in [6.45, 7) is 3.10. The van der Waals surface area contributed by atoms with Crippen molar-refractivity contribution in [1.82, 2.24) is 15.5 Å². The van der Waals surface area contributed by atoms with Gasteiger partial charge in [-0.1, -0.05) is 0 Å². The van der Waals surface area contributed by atoms with Crippen LogP contribution in [0.1, 0.15) is 33.1 Å². The Morgan fingerprint density at radius 2 is 1.89 bits per heavy atom. The van der Waals surface area contributed by atoms with Crippen LogP contribution in [0.4, 0.5) is 0 Å². The van der Waals surface area contributed by atoms with Crippen LogP contribution in [-0.4, -0.2) is 87.6 Å². The summed E-state index contributed by atoms with van der Waals surface area (Å²) in [5.41, 5.74) is 5.80. The minimum absolute atomic E-state index is 0.322. The van der Waals surface area contributed by atoms with Crippen LogP contribution in [0.5, 0.6) is 0 Å². The van der Waals surface area contributed by atoms with Crippen LogP contribution in [0.15, 0.2) is 0 Å². The molecule has 0 aromatic heterocycles. The zero-order valence-electron chi connectivity index (χ0n) is 16.4. The van der Waals surface area contributed by atoms with Gasteiger partial charge in [-0.25, -0.2) is 4.79 Å². The lowest BCUT2D eigenvalue weighted by Crippen LogP contribution is -2.57. The predicted octanol–water partition coefficient (Wildman–Crippen LogP) is -1.49. The molecule has 1 aliphatic rings. The van der Waals surface area contributed by atoms with Crippen molar-refractivity contribution in [1.29, 1.82) is 0 Å². The number of likely N-dealkylation sites (tertiary alicyclic amines) is 1. The van der Waals surface area contributed by atoms with Crippen LogP contribution in [-0.2, 0) is 19.2 Å². The second-order valence-electron chi connectivity index (χ2n) is 6.87. The van der Waals surface area contributed by atoms with E-state index in [1.165, 1.54) is 18.7 Å². The minimum atomic E-state index is -1.46. The van der Waals surface area contributed by atoms with Gasteiger partial charge in [-0.2, -0.15) is 11.8 Å². The summed E-state index contributed by atoms with van der Waals surface area (Å²) in [4.78, 5) is 49.8. The van der Waals surface area contributed by atoms with E-state index < -0.39 is 54.0 Å². The van der Waals surface area contributed by atoms with Gasteiger partial charge in [-0.15, -0.1) is 0 Å². The van der Waals surface area contributed by atoms with E-state index in [2.05, 4.69) is 10.6 Å². The number of carbonyl (C=O) groups is 4. The summed E-state index contributed by atoms with van der Waals surface area (Å²) in [7, 11) is 0. The Kier molecular flexibility index (Phi) is 9.70. The summed E-state index contributed by atoms with van der Waals surface area (Å²) in [5.74, 6) is -2.16. The Bertz CT molecular complexity index is 588. The number of aliphatic hydroxyl groups excluding tert-OH is 1. The second-order valence-corrected chi connectivity index (χ2v) is 7.86. The van der Waals surface area contributed by atoms with Crippen molar-refractivity contribution < 1.29 is 29.4 Å².